The fourth-order valence-electron chi connectivity index (χ4n) is 1.57. The van der Waals surface area contributed by atoms with Crippen LogP contribution in [0.2, 0.25) is 0 Å². The summed E-state index contributed by atoms with van der Waals surface area (Å²) in [4.78, 5) is 9.03. The van der Waals surface area contributed by atoms with Gasteiger partial charge in [-0.2, -0.15) is 0 Å². The third kappa shape index (κ3) is 1.90. The van der Waals surface area contributed by atoms with Crippen LogP contribution in [-0.2, 0) is 4.57 Å². The van der Waals surface area contributed by atoms with Crippen molar-refractivity contribution < 1.29 is 4.57 Å². The Hall–Kier alpha value is -1.86. The van der Waals surface area contributed by atoms with E-state index in [0.29, 0.717) is 0 Å². The molecule has 0 saturated carbocycles. The molecule has 3 nitrogen and oxygen atoms in total. The molecule has 2 aromatic carbocycles. The van der Waals surface area contributed by atoms with Gasteiger partial charge in [-0.15, -0.1) is 0 Å². The summed E-state index contributed by atoms with van der Waals surface area (Å²) in [5.74, 6) is 0. The van der Waals surface area contributed by atoms with Gasteiger partial charge in [0, 0.05) is 0 Å². The molecular weight excluding hydrogens is 219 g/mol. The van der Waals surface area contributed by atoms with Gasteiger partial charge < -0.3 is 0 Å². The van der Waals surface area contributed by atoms with Crippen molar-refractivity contribution in [3.05, 3.63) is 48.5 Å². The molecule has 0 aliphatic rings. The average molecular weight is 229 g/mol. The zero-order valence-corrected chi connectivity index (χ0v) is 9.65. The van der Waals surface area contributed by atoms with E-state index in [9.17, 15) is 0 Å². The number of benzene rings is 2. The van der Waals surface area contributed by atoms with Gasteiger partial charge in [-0.1, -0.05) is 28.8 Å². The Bertz CT molecular complexity index is 522. The molecule has 0 radical (unpaired) electrons. The normalized spacial score (nSPS) is 9.75. The Labute approximate surface area is 94.8 Å². The van der Waals surface area contributed by atoms with Gasteiger partial charge in [0.15, 0.2) is 0 Å². The molecular formula is C12H10N2OP+. The third-order valence-electron chi connectivity index (χ3n) is 2.25. The van der Waals surface area contributed by atoms with Crippen LogP contribution in [0.5, 0.6) is 0 Å². The highest BCUT2D eigenvalue weighted by Crippen LogP contribution is 2.14. The second-order valence-corrected chi connectivity index (χ2v) is 3.20. The van der Waals surface area contributed by atoms with E-state index >= 15 is 0 Å². The van der Waals surface area contributed by atoms with Gasteiger partial charge in [0.2, 0.25) is 0 Å². The maximum atomic E-state index is 8.17. The first kappa shape index (κ1) is 10.7. The van der Waals surface area contributed by atoms with Crippen LogP contribution in [0.3, 0.4) is 0 Å². The minimum absolute atomic E-state index is 0.950. The van der Waals surface area contributed by atoms with Crippen molar-refractivity contribution >= 4 is 31.2 Å². The molecule has 0 amide bonds. The van der Waals surface area contributed by atoms with Crippen LogP contribution >= 0.6 is 9.12 Å². The summed E-state index contributed by atoms with van der Waals surface area (Å²) in [6, 6.07) is 15.8. The first-order valence-electron chi connectivity index (χ1n) is 4.78. The standard InChI is InChI=1S/C12H8N2.H2OP/c1-2-6-10-9(5-1)13-11-7-3-4-8-12(11)14-10;1-2/h1-8H;2H2/q;+1. The van der Waals surface area contributed by atoms with Crippen LogP contribution < -0.4 is 0 Å². The lowest BCUT2D eigenvalue weighted by molar-refractivity contribution is 0.607. The average Bonchev–Trinajstić information content (AvgIpc) is 2.38. The Kier molecular flexibility index (Phi) is 3.18. The van der Waals surface area contributed by atoms with E-state index in [2.05, 4.69) is 9.97 Å². The second-order valence-electron chi connectivity index (χ2n) is 3.20. The van der Waals surface area contributed by atoms with E-state index in [-0.39, 0.29) is 0 Å². The Morgan fingerprint density at radius 2 is 0.875 bits per heavy atom. The Morgan fingerprint density at radius 1 is 0.625 bits per heavy atom. The number of fused-ring (bicyclic) bond motifs is 2. The van der Waals surface area contributed by atoms with Crippen LogP contribution in [0.1, 0.15) is 0 Å². The molecule has 1 heterocycles. The van der Waals surface area contributed by atoms with Crippen LogP contribution in [0, 0.1) is 0 Å². The number of hydrogen-bond acceptors (Lipinski definition) is 3. The number of hydrogen-bond donors (Lipinski definition) is 0. The lowest BCUT2D eigenvalue weighted by Gasteiger charge is -1.98. The number of para-hydroxylation sites is 4. The summed E-state index contributed by atoms with van der Waals surface area (Å²) in [6.07, 6.45) is 0. The minimum Gasteiger partial charge on any atom is -0.245 e. The summed E-state index contributed by atoms with van der Waals surface area (Å²) in [5, 5.41) is 0. The molecule has 3 aromatic rings. The molecule has 78 valence electrons. The van der Waals surface area contributed by atoms with Gasteiger partial charge in [0.05, 0.1) is 22.1 Å². The summed E-state index contributed by atoms with van der Waals surface area (Å²) in [5.41, 5.74) is 3.80. The van der Waals surface area contributed by atoms with E-state index in [4.69, 9.17) is 4.57 Å². The predicted molar refractivity (Wildman–Crippen MR) is 67.4 cm³/mol. The van der Waals surface area contributed by atoms with Gasteiger partial charge >= 0.3 is 9.12 Å². The lowest BCUT2D eigenvalue weighted by atomic mass is 10.2. The predicted octanol–water partition coefficient (Wildman–Crippen LogP) is 2.99. The molecule has 1 atom stereocenters. The van der Waals surface area contributed by atoms with Crippen molar-refractivity contribution in [1.29, 1.82) is 0 Å². The molecule has 1 aromatic heterocycles. The van der Waals surface area contributed by atoms with Gasteiger partial charge in [-0.3, -0.25) is 0 Å². The molecule has 0 aliphatic carbocycles. The summed E-state index contributed by atoms with van der Waals surface area (Å²) in [7, 11) is 1.17. The monoisotopic (exact) mass is 229 g/mol. The molecule has 0 saturated heterocycles. The highest BCUT2D eigenvalue weighted by molar-refractivity contribution is 7.00. The summed E-state index contributed by atoms with van der Waals surface area (Å²) >= 11 is 0. The first-order valence-corrected chi connectivity index (χ1v) is 5.26. The number of nitrogens with zero attached hydrogens (tertiary/aromatic N) is 2. The zero-order valence-electron chi connectivity index (χ0n) is 8.50. The molecule has 0 aliphatic heterocycles. The van der Waals surface area contributed by atoms with Gasteiger partial charge in [0.25, 0.3) is 0 Å². The van der Waals surface area contributed by atoms with Crippen molar-refractivity contribution in [2.45, 2.75) is 0 Å². The van der Waals surface area contributed by atoms with Gasteiger partial charge in [-0.05, 0) is 24.3 Å². The molecule has 0 spiro atoms. The molecule has 0 bridgehead atoms. The Balaban J connectivity index is 0.000000457. The van der Waals surface area contributed by atoms with E-state index in [1.54, 1.807) is 0 Å². The van der Waals surface area contributed by atoms with E-state index in [1.165, 1.54) is 9.12 Å². The smallest absolute Gasteiger partial charge is 0.245 e. The third-order valence-corrected chi connectivity index (χ3v) is 2.25. The van der Waals surface area contributed by atoms with Crippen LogP contribution in [0.4, 0.5) is 0 Å². The minimum atomic E-state index is 0.950. The highest BCUT2D eigenvalue weighted by Gasteiger charge is 1.98. The molecule has 1 unspecified atom stereocenters. The SMILES string of the molecule is O=[PH2+].c1ccc2nc3ccccc3nc2c1. The van der Waals surface area contributed by atoms with Gasteiger partial charge in [0.1, 0.15) is 0 Å². The van der Waals surface area contributed by atoms with Crippen LogP contribution in [-0.4, -0.2) is 9.97 Å². The summed E-state index contributed by atoms with van der Waals surface area (Å²) < 4.78 is 8.17. The lowest BCUT2D eigenvalue weighted by Crippen LogP contribution is -1.85. The largest absolute Gasteiger partial charge is 0.310 e. The number of aromatic nitrogens is 2. The van der Waals surface area contributed by atoms with Crippen molar-refractivity contribution in [3.63, 3.8) is 0 Å². The highest BCUT2D eigenvalue weighted by atomic mass is 31.0. The van der Waals surface area contributed by atoms with Crippen molar-refractivity contribution in [3.8, 4) is 0 Å². The maximum absolute atomic E-state index is 8.17. The van der Waals surface area contributed by atoms with Crippen molar-refractivity contribution in [1.82, 2.24) is 9.97 Å². The van der Waals surface area contributed by atoms with Crippen molar-refractivity contribution in [2.24, 2.45) is 0 Å². The van der Waals surface area contributed by atoms with E-state index < -0.39 is 0 Å². The summed E-state index contributed by atoms with van der Waals surface area (Å²) in [6.45, 7) is 0. The molecule has 16 heavy (non-hydrogen) atoms. The molecule has 3 rings (SSSR count). The first-order chi connectivity index (χ1) is 7.93. The number of rotatable bonds is 0. The van der Waals surface area contributed by atoms with E-state index in [0.717, 1.165) is 22.1 Å². The maximum Gasteiger partial charge on any atom is 0.310 e. The molecule has 0 N–H and O–H groups in total. The second kappa shape index (κ2) is 4.77. The van der Waals surface area contributed by atoms with E-state index in [1.807, 2.05) is 48.5 Å². The Morgan fingerprint density at radius 3 is 1.12 bits per heavy atom. The zero-order chi connectivity index (χ0) is 11.4. The molecule has 4 heteroatoms. The fraction of sp³-hybridized carbons (Fsp3) is 0. The quantitative estimate of drug-likeness (QED) is 0.439. The van der Waals surface area contributed by atoms with Crippen molar-refractivity contribution in [2.75, 3.05) is 0 Å². The van der Waals surface area contributed by atoms with Gasteiger partial charge in [-0.25, -0.2) is 9.97 Å². The molecule has 0 fully saturated rings. The van der Waals surface area contributed by atoms with Crippen LogP contribution in [0.15, 0.2) is 48.5 Å². The topological polar surface area (TPSA) is 42.9 Å². The fourth-order valence-corrected chi connectivity index (χ4v) is 1.57. The van der Waals surface area contributed by atoms with Crippen LogP contribution in [0.25, 0.3) is 22.1 Å².